The van der Waals surface area contributed by atoms with Crippen LogP contribution in [0, 0.1) is 0 Å². The third kappa shape index (κ3) is 2.32. The van der Waals surface area contributed by atoms with E-state index in [9.17, 15) is 4.79 Å². The maximum Gasteiger partial charge on any atom is 0.257 e. The fraction of sp³-hybridized carbons (Fsp3) is 0.333. The third-order valence-electron chi connectivity index (χ3n) is 3.51. The van der Waals surface area contributed by atoms with Crippen molar-refractivity contribution in [1.29, 1.82) is 0 Å². The van der Waals surface area contributed by atoms with Crippen molar-refractivity contribution in [3.63, 3.8) is 0 Å². The van der Waals surface area contributed by atoms with Gasteiger partial charge in [0.1, 0.15) is 0 Å². The van der Waals surface area contributed by atoms with Crippen molar-refractivity contribution in [2.24, 2.45) is 7.05 Å². The van der Waals surface area contributed by atoms with E-state index >= 15 is 0 Å². The summed E-state index contributed by atoms with van der Waals surface area (Å²) < 4.78 is 7.04. The van der Waals surface area contributed by atoms with Gasteiger partial charge in [-0.1, -0.05) is 30.3 Å². The van der Waals surface area contributed by atoms with Crippen molar-refractivity contribution in [1.82, 2.24) is 14.7 Å². The lowest BCUT2D eigenvalue weighted by atomic mass is 10.1. The second-order valence-electron chi connectivity index (χ2n) is 4.80. The van der Waals surface area contributed by atoms with Gasteiger partial charge in [-0.25, -0.2) is 0 Å². The van der Waals surface area contributed by atoms with E-state index in [0.717, 1.165) is 11.3 Å². The molecule has 0 unspecified atom stereocenters. The van der Waals surface area contributed by atoms with Crippen molar-refractivity contribution < 1.29 is 9.53 Å². The Labute approximate surface area is 117 Å². The Kier molecular flexibility index (Phi) is 3.52. The van der Waals surface area contributed by atoms with Gasteiger partial charge >= 0.3 is 0 Å². The predicted molar refractivity (Wildman–Crippen MR) is 75.4 cm³/mol. The first-order valence-corrected chi connectivity index (χ1v) is 6.72. The monoisotopic (exact) mass is 271 g/mol. The second-order valence-corrected chi connectivity index (χ2v) is 4.80. The molecule has 20 heavy (non-hydrogen) atoms. The summed E-state index contributed by atoms with van der Waals surface area (Å²) in [6, 6.07) is 9.88. The number of hydrogen-bond donors (Lipinski definition) is 0. The molecular weight excluding hydrogens is 254 g/mol. The number of amides is 1. The molecule has 104 valence electrons. The molecule has 0 atom stereocenters. The fourth-order valence-electron chi connectivity index (χ4n) is 2.47. The molecule has 0 radical (unpaired) electrons. The van der Waals surface area contributed by atoms with E-state index in [-0.39, 0.29) is 5.91 Å². The van der Waals surface area contributed by atoms with Crippen LogP contribution in [0.4, 0.5) is 0 Å². The summed E-state index contributed by atoms with van der Waals surface area (Å²) in [6.07, 6.45) is 1.65. The summed E-state index contributed by atoms with van der Waals surface area (Å²) in [5.74, 6) is 0.0280. The lowest BCUT2D eigenvalue weighted by Gasteiger charge is -2.26. The van der Waals surface area contributed by atoms with Crippen molar-refractivity contribution in [3.8, 4) is 11.3 Å². The lowest BCUT2D eigenvalue weighted by molar-refractivity contribution is 0.0303. The summed E-state index contributed by atoms with van der Waals surface area (Å²) in [4.78, 5) is 14.5. The van der Waals surface area contributed by atoms with Crippen LogP contribution in [0.3, 0.4) is 0 Å². The third-order valence-corrected chi connectivity index (χ3v) is 3.51. The highest BCUT2D eigenvalue weighted by molar-refractivity contribution is 6.00. The zero-order chi connectivity index (χ0) is 13.9. The highest BCUT2D eigenvalue weighted by atomic mass is 16.5. The van der Waals surface area contributed by atoms with Crippen molar-refractivity contribution in [2.45, 2.75) is 0 Å². The quantitative estimate of drug-likeness (QED) is 0.832. The largest absolute Gasteiger partial charge is 0.378 e. The number of hydrogen-bond acceptors (Lipinski definition) is 3. The molecule has 0 saturated carbocycles. The standard InChI is InChI=1S/C15H17N3O2/c1-17-14(12-5-3-2-4-6-12)13(11-16-17)15(19)18-7-9-20-10-8-18/h2-6,11H,7-10H2,1H3. The molecule has 1 aliphatic heterocycles. The van der Waals surface area contributed by atoms with E-state index < -0.39 is 0 Å². The molecule has 1 aliphatic rings. The van der Waals surface area contributed by atoms with Crippen LogP contribution in [0.15, 0.2) is 36.5 Å². The van der Waals surface area contributed by atoms with E-state index in [4.69, 9.17) is 4.74 Å². The van der Waals surface area contributed by atoms with Gasteiger partial charge in [0, 0.05) is 25.7 Å². The Bertz CT molecular complexity index is 601. The Morgan fingerprint density at radius 3 is 2.60 bits per heavy atom. The van der Waals surface area contributed by atoms with Crippen LogP contribution in [-0.4, -0.2) is 46.9 Å². The molecule has 0 aliphatic carbocycles. The number of rotatable bonds is 2. The topological polar surface area (TPSA) is 47.4 Å². The van der Waals surface area contributed by atoms with Crippen molar-refractivity contribution >= 4 is 5.91 Å². The Morgan fingerprint density at radius 2 is 1.90 bits per heavy atom. The van der Waals surface area contributed by atoms with Gasteiger partial charge in [0.05, 0.1) is 30.7 Å². The minimum absolute atomic E-state index is 0.0280. The van der Waals surface area contributed by atoms with Crippen molar-refractivity contribution in [3.05, 3.63) is 42.1 Å². The lowest BCUT2D eigenvalue weighted by Crippen LogP contribution is -2.40. The number of carbonyl (C=O) groups excluding carboxylic acids is 1. The highest BCUT2D eigenvalue weighted by Crippen LogP contribution is 2.24. The second kappa shape index (κ2) is 5.46. The normalized spacial score (nSPS) is 15.3. The number of aryl methyl sites for hydroxylation is 1. The van der Waals surface area contributed by atoms with E-state index in [1.54, 1.807) is 10.9 Å². The molecule has 3 rings (SSSR count). The molecule has 0 N–H and O–H groups in total. The van der Waals surface area contributed by atoms with Crippen LogP contribution in [0.2, 0.25) is 0 Å². The van der Waals surface area contributed by atoms with Crippen LogP contribution in [0.25, 0.3) is 11.3 Å². The average Bonchev–Trinajstić information content (AvgIpc) is 2.90. The van der Waals surface area contributed by atoms with E-state index in [1.807, 2.05) is 42.3 Å². The number of morpholine rings is 1. The molecule has 5 nitrogen and oxygen atoms in total. The molecule has 2 heterocycles. The van der Waals surface area contributed by atoms with Crippen molar-refractivity contribution in [2.75, 3.05) is 26.3 Å². The summed E-state index contributed by atoms with van der Waals surface area (Å²) in [5.41, 5.74) is 2.52. The number of aromatic nitrogens is 2. The summed E-state index contributed by atoms with van der Waals surface area (Å²) >= 11 is 0. The predicted octanol–water partition coefficient (Wildman–Crippen LogP) is 1.56. The Morgan fingerprint density at radius 1 is 1.20 bits per heavy atom. The molecule has 1 aromatic heterocycles. The van der Waals surface area contributed by atoms with Crippen LogP contribution in [0.5, 0.6) is 0 Å². The molecule has 2 aromatic rings. The first-order valence-electron chi connectivity index (χ1n) is 6.72. The van der Waals surface area contributed by atoms with Gasteiger partial charge in [0.15, 0.2) is 0 Å². The zero-order valence-electron chi connectivity index (χ0n) is 11.5. The fourth-order valence-corrected chi connectivity index (χ4v) is 2.47. The van der Waals surface area contributed by atoms with Crippen LogP contribution in [0.1, 0.15) is 10.4 Å². The van der Waals surface area contributed by atoms with Gasteiger partial charge in [-0.2, -0.15) is 5.10 Å². The maximum atomic E-state index is 12.6. The molecule has 1 fully saturated rings. The minimum atomic E-state index is 0.0280. The highest BCUT2D eigenvalue weighted by Gasteiger charge is 2.24. The number of ether oxygens (including phenoxy) is 1. The SMILES string of the molecule is Cn1ncc(C(=O)N2CCOCC2)c1-c1ccccc1. The van der Waals surface area contributed by atoms with Gasteiger partial charge in [-0.3, -0.25) is 9.48 Å². The number of benzene rings is 1. The van der Waals surface area contributed by atoms with Gasteiger partial charge in [-0.15, -0.1) is 0 Å². The van der Waals surface area contributed by atoms with E-state index in [1.165, 1.54) is 0 Å². The van der Waals surface area contributed by atoms with E-state index in [0.29, 0.717) is 31.9 Å². The first-order chi connectivity index (χ1) is 9.77. The minimum Gasteiger partial charge on any atom is -0.378 e. The summed E-state index contributed by atoms with van der Waals surface area (Å²) in [5, 5.41) is 4.25. The average molecular weight is 271 g/mol. The molecule has 1 amide bonds. The zero-order valence-corrected chi connectivity index (χ0v) is 11.5. The first kappa shape index (κ1) is 12.9. The van der Waals surface area contributed by atoms with Crippen LogP contribution >= 0.6 is 0 Å². The van der Waals surface area contributed by atoms with Gasteiger partial charge < -0.3 is 9.64 Å². The maximum absolute atomic E-state index is 12.6. The van der Waals surface area contributed by atoms with Crippen LogP contribution in [-0.2, 0) is 11.8 Å². The van der Waals surface area contributed by atoms with Gasteiger partial charge in [-0.05, 0) is 0 Å². The summed E-state index contributed by atoms with van der Waals surface area (Å²) in [6.45, 7) is 2.49. The molecule has 0 bridgehead atoms. The Balaban J connectivity index is 1.96. The smallest absolute Gasteiger partial charge is 0.257 e. The molecule has 0 spiro atoms. The van der Waals surface area contributed by atoms with Crippen LogP contribution < -0.4 is 0 Å². The van der Waals surface area contributed by atoms with Gasteiger partial charge in [0.25, 0.3) is 5.91 Å². The number of nitrogens with zero attached hydrogens (tertiary/aromatic N) is 3. The molecule has 5 heteroatoms. The molecule has 1 aromatic carbocycles. The summed E-state index contributed by atoms with van der Waals surface area (Å²) in [7, 11) is 1.86. The Hall–Kier alpha value is -2.14. The van der Waals surface area contributed by atoms with E-state index in [2.05, 4.69) is 5.10 Å². The molecular formula is C15H17N3O2. The molecule has 1 saturated heterocycles. The van der Waals surface area contributed by atoms with Gasteiger partial charge in [0.2, 0.25) is 0 Å². The number of carbonyl (C=O) groups is 1.